The highest BCUT2D eigenvalue weighted by molar-refractivity contribution is 5.89. The Bertz CT molecular complexity index is 628. The molecule has 0 radical (unpaired) electrons. The van der Waals surface area contributed by atoms with Crippen molar-refractivity contribution in [3.63, 3.8) is 0 Å². The third-order valence-corrected chi connectivity index (χ3v) is 2.88. The Morgan fingerprint density at radius 1 is 1.40 bits per heavy atom. The number of rotatable bonds is 4. The van der Waals surface area contributed by atoms with E-state index >= 15 is 0 Å². The third-order valence-electron chi connectivity index (χ3n) is 2.88. The van der Waals surface area contributed by atoms with Crippen LogP contribution >= 0.6 is 0 Å². The van der Waals surface area contributed by atoms with E-state index in [1.165, 1.54) is 4.57 Å². The van der Waals surface area contributed by atoms with Crippen LogP contribution in [0.5, 0.6) is 0 Å². The third kappa shape index (κ3) is 2.68. The molecule has 0 aliphatic carbocycles. The predicted molar refractivity (Wildman–Crippen MR) is 63.4 cm³/mol. The molecular formula is C12H12F3N3O2. The van der Waals surface area contributed by atoms with Crippen LogP contribution in [0.15, 0.2) is 24.8 Å². The molecule has 0 unspecified atom stereocenters. The number of hydrogen-bond donors (Lipinski definition) is 1. The zero-order valence-electron chi connectivity index (χ0n) is 10.6. The van der Waals surface area contributed by atoms with Crippen molar-refractivity contribution in [3.05, 3.63) is 41.7 Å². The summed E-state index contributed by atoms with van der Waals surface area (Å²) < 4.78 is 41.2. The number of carbonyl (C=O) groups is 1. The molecule has 2 aromatic heterocycles. The number of carboxylic acids is 1. The molecule has 0 saturated heterocycles. The summed E-state index contributed by atoms with van der Waals surface area (Å²) in [5.74, 6) is -1.04. The second-order valence-corrected chi connectivity index (χ2v) is 4.19. The van der Waals surface area contributed by atoms with Crippen molar-refractivity contribution in [2.45, 2.75) is 26.2 Å². The minimum absolute atomic E-state index is 0.0806. The molecule has 0 atom stereocenters. The summed E-state index contributed by atoms with van der Waals surface area (Å²) in [6.07, 6.45) is 0.323. The first-order chi connectivity index (χ1) is 9.32. The van der Waals surface area contributed by atoms with Crippen molar-refractivity contribution >= 4 is 5.97 Å². The van der Waals surface area contributed by atoms with Gasteiger partial charge in [-0.2, -0.15) is 13.2 Å². The lowest BCUT2D eigenvalue weighted by Crippen LogP contribution is -2.09. The minimum atomic E-state index is -4.70. The van der Waals surface area contributed by atoms with E-state index in [0.29, 0.717) is 12.4 Å². The number of hydrogen-bond acceptors (Lipinski definition) is 2. The number of nitrogens with zero attached hydrogens (tertiary/aromatic N) is 3. The van der Waals surface area contributed by atoms with Crippen LogP contribution in [0.3, 0.4) is 0 Å². The van der Waals surface area contributed by atoms with E-state index in [4.69, 9.17) is 5.11 Å². The van der Waals surface area contributed by atoms with E-state index in [2.05, 4.69) is 4.98 Å². The second-order valence-electron chi connectivity index (χ2n) is 4.19. The normalized spacial score (nSPS) is 11.8. The van der Waals surface area contributed by atoms with Crippen molar-refractivity contribution in [1.29, 1.82) is 0 Å². The van der Waals surface area contributed by atoms with Crippen molar-refractivity contribution in [3.8, 4) is 0 Å². The Hall–Kier alpha value is -2.25. The Morgan fingerprint density at radius 2 is 2.10 bits per heavy atom. The monoisotopic (exact) mass is 287 g/mol. The molecule has 1 N–H and O–H groups in total. The van der Waals surface area contributed by atoms with E-state index in [0.717, 1.165) is 12.4 Å². The van der Waals surface area contributed by atoms with Gasteiger partial charge in [-0.1, -0.05) is 0 Å². The molecule has 0 aromatic carbocycles. The Labute approximate surface area is 112 Å². The number of alkyl halides is 3. The second kappa shape index (κ2) is 5.03. The molecule has 0 amide bonds. The van der Waals surface area contributed by atoms with Gasteiger partial charge in [0.25, 0.3) is 0 Å². The lowest BCUT2D eigenvalue weighted by atomic mass is 10.2. The number of carboxylic acid groups (broad SMARTS) is 1. The highest BCUT2D eigenvalue weighted by atomic mass is 19.4. The van der Waals surface area contributed by atoms with Gasteiger partial charge in [0.05, 0.1) is 17.7 Å². The summed E-state index contributed by atoms with van der Waals surface area (Å²) in [5, 5.41) is 8.84. The fraction of sp³-hybridized carbons (Fsp3) is 0.333. The first-order valence-corrected chi connectivity index (χ1v) is 5.83. The van der Waals surface area contributed by atoms with Crippen molar-refractivity contribution in [2.75, 3.05) is 0 Å². The molecule has 0 fully saturated rings. The molecule has 2 aromatic rings. The quantitative estimate of drug-likeness (QED) is 0.939. The van der Waals surface area contributed by atoms with E-state index in [1.54, 1.807) is 17.0 Å². The standard InChI is InChI=1S/C12H12F3N3O2/c1-2-18-4-3-16-10(18)7-17-5-8(11(19)20)9(6-17)12(13,14)15/h3-6H,2,7H2,1H3,(H,19,20). The molecule has 8 heteroatoms. The van der Waals surface area contributed by atoms with E-state index in [1.807, 2.05) is 6.92 Å². The summed E-state index contributed by atoms with van der Waals surface area (Å²) in [4.78, 5) is 14.9. The fourth-order valence-electron chi connectivity index (χ4n) is 1.94. The Kier molecular flexibility index (Phi) is 3.56. The Balaban J connectivity index is 2.37. The van der Waals surface area contributed by atoms with Crippen molar-refractivity contribution < 1.29 is 23.1 Å². The molecule has 0 aliphatic rings. The number of imidazole rings is 1. The summed E-state index contributed by atoms with van der Waals surface area (Å²) in [6, 6.07) is 0. The van der Waals surface area contributed by atoms with Gasteiger partial charge >= 0.3 is 12.1 Å². The highest BCUT2D eigenvalue weighted by Crippen LogP contribution is 2.32. The van der Waals surface area contributed by atoms with Gasteiger partial charge in [-0.25, -0.2) is 9.78 Å². The van der Waals surface area contributed by atoms with Crippen molar-refractivity contribution in [1.82, 2.24) is 14.1 Å². The lowest BCUT2D eigenvalue weighted by Gasteiger charge is -2.06. The average Bonchev–Trinajstić information content (AvgIpc) is 2.95. The van der Waals surface area contributed by atoms with Crippen LogP contribution in [0, 0.1) is 0 Å². The molecule has 0 saturated carbocycles. The van der Waals surface area contributed by atoms with E-state index in [-0.39, 0.29) is 6.54 Å². The van der Waals surface area contributed by atoms with Gasteiger partial charge in [0.15, 0.2) is 0 Å². The van der Waals surface area contributed by atoms with E-state index < -0.39 is 23.3 Å². The lowest BCUT2D eigenvalue weighted by molar-refractivity contribution is -0.138. The van der Waals surface area contributed by atoms with Crippen LogP contribution in [0.4, 0.5) is 13.2 Å². The summed E-state index contributed by atoms with van der Waals surface area (Å²) in [7, 11) is 0. The van der Waals surface area contributed by atoms with Crippen LogP contribution in [0.2, 0.25) is 0 Å². The topological polar surface area (TPSA) is 60.0 Å². The summed E-state index contributed by atoms with van der Waals surface area (Å²) in [5.41, 5.74) is -1.91. The van der Waals surface area contributed by atoms with Gasteiger partial charge in [0, 0.05) is 31.3 Å². The summed E-state index contributed by atoms with van der Waals surface area (Å²) in [6.45, 7) is 2.59. The predicted octanol–water partition coefficient (Wildman–Crippen LogP) is 2.47. The summed E-state index contributed by atoms with van der Waals surface area (Å²) >= 11 is 0. The van der Waals surface area contributed by atoms with Gasteiger partial charge in [0.1, 0.15) is 5.82 Å². The van der Waals surface area contributed by atoms with E-state index in [9.17, 15) is 18.0 Å². The van der Waals surface area contributed by atoms with Crippen LogP contribution in [0.25, 0.3) is 0 Å². The van der Waals surface area contributed by atoms with Gasteiger partial charge in [-0.05, 0) is 6.92 Å². The number of halogens is 3. The fourth-order valence-corrected chi connectivity index (χ4v) is 1.94. The zero-order valence-corrected chi connectivity index (χ0v) is 10.6. The van der Waals surface area contributed by atoms with Crippen LogP contribution < -0.4 is 0 Å². The number of aromatic nitrogens is 3. The van der Waals surface area contributed by atoms with Gasteiger partial charge < -0.3 is 14.2 Å². The largest absolute Gasteiger partial charge is 0.478 e. The number of aromatic carboxylic acids is 1. The maximum absolute atomic E-state index is 12.7. The highest BCUT2D eigenvalue weighted by Gasteiger charge is 2.37. The number of aryl methyl sites for hydroxylation is 1. The van der Waals surface area contributed by atoms with Gasteiger partial charge in [-0.3, -0.25) is 0 Å². The first kappa shape index (κ1) is 14.2. The average molecular weight is 287 g/mol. The SMILES string of the molecule is CCn1ccnc1Cn1cc(C(=O)O)c(C(F)(F)F)c1. The molecule has 2 heterocycles. The van der Waals surface area contributed by atoms with Crippen LogP contribution in [-0.2, 0) is 19.3 Å². The Morgan fingerprint density at radius 3 is 2.60 bits per heavy atom. The van der Waals surface area contributed by atoms with Crippen molar-refractivity contribution in [2.24, 2.45) is 0 Å². The molecule has 108 valence electrons. The molecule has 0 spiro atoms. The minimum Gasteiger partial charge on any atom is -0.478 e. The smallest absolute Gasteiger partial charge is 0.418 e. The molecule has 20 heavy (non-hydrogen) atoms. The molecule has 2 rings (SSSR count). The van der Waals surface area contributed by atoms with Crippen LogP contribution in [0.1, 0.15) is 28.7 Å². The maximum Gasteiger partial charge on any atom is 0.418 e. The molecule has 0 aliphatic heterocycles. The van der Waals surface area contributed by atoms with Crippen LogP contribution in [-0.4, -0.2) is 25.2 Å². The van der Waals surface area contributed by atoms with Gasteiger partial charge in [0.2, 0.25) is 0 Å². The first-order valence-electron chi connectivity index (χ1n) is 5.83. The maximum atomic E-state index is 12.7. The van der Waals surface area contributed by atoms with Gasteiger partial charge in [-0.15, -0.1) is 0 Å². The molecule has 0 bridgehead atoms. The molecular weight excluding hydrogens is 275 g/mol. The zero-order chi connectivity index (χ0) is 14.9. The molecule has 5 nitrogen and oxygen atoms in total.